The fourth-order valence-corrected chi connectivity index (χ4v) is 5.92. The summed E-state index contributed by atoms with van der Waals surface area (Å²) in [4.78, 5) is 11.7. The monoisotopic (exact) mass is 440 g/mol. The smallest absolute Gasteiger partial charge is 0.341 e. The summed E-state index contributed by atoms with van der Waals surface area (Å²) in [6.45, 7) is 5.43. The molecule has 3 heteroatoms. The van der Waals surface area contributed by atoms with Crippen LogP contribution in [0.5, 0.6) is 5.75 Å². The highest BCUT2D eigenvalue weighted by atomic mass is 16.5. The summed E-state index contributed by atoms with van der Waals surface area (Å²) in [6, 6.07) is 7.78. The average molecular weight is 441 g/mol. The molecule has 3 rings (SSSR count). The van der Waals surface area contributed by atoms with Gasteiger partial charge in [-0.15, -0.1) is 0 Å². The molecule has 2 aliphatic carbocycles. The number of aliphatic hydroxyl groups excluding tert-OH is 1. The first-order valence-electron chi connectivity index (χ1n) is 13.2. The molecule has 1 N–H and O–H groups in total. The van der Waals surface area contributed by atoms with Crippen LogP contribution in [0, 0.1) is 23.7 Å². The van der Waals surface area contributed by atoms with Gasteiger partial charge in [0.1, 0.15) is 5.75 Å². The van der Waals surface area contributed by atoms with Crippen LogP contribution in [0.2, 0.25) is 0 Å². The van der Waals surface area contributed by atoms with E-state index in [1.54, 1.807) is 0 Å². The second-order valence-corrected chi connectivity index (χ2v) is 10.4. The molecule has 0 atom stereocenters. The lowest BCUT2D eigenvalue weighted by atomic mass is 9.68. The first kappa shape index (κ1) is 25.0. The van der Waals surface area contributed by atoms with Gasteiger partial charge in [-0.1, -0.05) is 77.0 Å². The summed E-state index contributed by atoms with van der Waals surface area (Å²) in [5.74, 6) is 3.83. The number of aliphatic hydroxyl groups is 1. The predicted octanol–water partition coefficient (Wildman–Crippen LogP) is 7.27. The van der Waals surface area contributed by atoms with Crippen LogP contribution in [-0.2, 0) is 11.2 Å². The van der Waals surface area contributed by atoms with Crippen molar-refractivity contribution in [3.63, 3.8) is 0 Å². The molecule has 178 valence electrons. The second-order valence-electron chi connectivity index (χ2n) is 10.4. The number of aryl methyl sites for hydroxylation is 1. The summed E-state index contributed by atoms with van der Waals surface area (Å²) in [5, 5.41) is 8.96. The number of carbonyl (C=O) groups excluding carboxylic acids is 1. The van der Waals surface area contributed by atoms with Gasteiger partial charge in [-0.05, 0) is 79.9 Å². The molecule has 2 saturated carbocycles. The van der Waals surface area contributed by atoms with Crippen molar-refractivity contribution in [2.24, 2.45) is 23.7 Å². The molecule has 0 aliphatic heterocycles. The fourth-order valence-electron chi connectivity index (χ4n) is 5.92. The SMILES string of the molecule is C=C(CO)C(=O)Oc1ccc(CCC2CCC(C3CCC(CCCCC)CC3)CC2)cc1. The fraction of sp³-hybridized carbons (Fsp3) is 0.690. The minimum absolute atomic E-state index is 0.0738. The van der Waals surface area contributed by atoms with Crippen LogP contribution in [-0.4, -0.2) is 17.7 Å². The summed E-state index contributed by atoms with van der Waals surface area (Å²) < 4.78 is 5.22. The van der Waals surface area contributed by atoms with E-state index in [1.165, 1.54) is 89.0 Å². The van der Waals surface area contributed by atoms with Crippen LogP contribution in [0.3, 0.4) is 0 Å². The Balaban J connectivity index is 1.32. The molecule has 1 aromatic rings. The summed E-state index contributed by atoms with van der Waals surface area (Å²) in [7, 11) is 0. The van der Waals surface area contributed by atoms with Crippen molar-refractivity contribution in [3.05, 3.63) is 42.0 Å². The zero-order chi connectivity index (χ0) is 22.8. The Morgan fingerprint density at radius 3 is 2.00 bits per heavy atom. The molecule has 2 fully saturated rings. The molecule has 1 aromatic carbocycles. The molecule has 0 unspecified atom stereocenters. The molecule has 0 bridgehead atoms. The Hall–Kier alpha value is -1.61. The molecule has 0 amide bonds. The van der Waals surface area contributed by atoms with Gasteiger partial charge >= 0.3 is 5.97 Å². The normalized spacial score (nSPS) is 25.9. The Morgan fingerprint density at radius 2 is 1.47 bits per heavy atom. The molecular weight excluding hydrogens is 396 g/mol. The number of hydrogen-bond donors (Lipinski definition) is 1. The van der Waals surface area contributed by atoms with Crippen molar-refractivity contribution < 1.29 is 14.6 Å². The topological polar surface area (TPSA) is 46.5 Å². The number of carbonyl (C=O) groups is 1. The van der Waals surface area contributed by atoms with E-state index in [9.17, 15) is 4.79 Å². The van der Waals surface area contributed by atoms with Gasteiger partial charge < -0.3 is 9.84 Å². The molecule has 0 heterocycles. The van der Waals surface area contributed by atoms with E-state index >= 15 is 0 Å². The minimum Gasteiger partial charge on any atom is -0.423 e. The molecule has 0 aromatic heterocycles. The lowest BCUT2D eigenvalue weighted by molar-refractivity contribution is -0.130. The first-order chi connectivity index (χ1) is 15.6. The Kier molecular flexibility index (Phi) is 10.3. The maximum Gasteiger partial charge on any atom is 0.341 e. The van der Waals surface area contributed by atoms with Gasteiger partial charge in [0.05, 0.1) is 12.2 Å². The maximum atomic E-state index is 11.7. The van der Waals surface area contributed by atoms with E-state index in [2.05, 4.69) is 25.6 Å². The van der Waals surface area contributed by atoms with Crippen LogP contribution in [0.15, 0.2) is 36.4 Å². The number of benzene rings is 1. The third-order valence-corrected chi connectivity index (χ3v) is 8.12. The van der Waals surface area contributed by atoms with Crippen molar-refractivity contribution in [1.82, 2.24) is 0 Å². The Morgan fingerprint density at radius 1 is 0.906 bits per heavy atom. The van der Waals surface area contributed by atoms with Gasteiger partial charge in [-0.25, -0.2) is 4.79 Å². The molecule has 0 saturated heterocycles. The summed E-state index contributed by atoms with van der Waals surface area (Å²) in [5.41, 5.74) is 1.37. The summed E-state index contributed by atoms with van der Waals surface area (Å²) in [6.07, 6.45) is 19.7. The van der Waals surface area contributed by atoms with Crippen molar-refractivity contribution in [3.8, 4) is 5.75 Å². The number of ether oxygens (including phenoxy) is 1. The van der Waals surface area contributed by atoms with Crippen molar-refractivity contribution in [2.45, 2.75) is 96.8 Å². The van der Waals surface area contributed by atoms with Crippen molar-refractivity contribution in [2.75, 3.05) is 6.61 Å². The number of esters is 1. The first-order valence-corrected chi connectivity index (χ1v) is 13.2. The van der Waals surface area contributed by atoms with Crippen LogP contribution in [0.4, 0.5) is 0 Å². The van der Waals surface area contributed by atoms with Gasteiger partial charge in [0.15, 0.2) is 0 Å². The standard InChI is InChI=1S/C29H44O3/c1-3-4-5-6-23-9-15-26(16-10-23)27-17-11-24(12-18-27)7-8-25-13-19-28(20-14-25)32-29(31)22(2)21-30/h13-14,19-20,23-24,26-27,30H,2-12,15-18,21H2,1H3. The third kappa shape index (κ3) is 7.76. The molecule has 0 radical (unpaired) electrons. The zero-order valence-electron chi connectivity index (χ0n) is 20.2. The van der Waals surface area contributed by atoms with Crippen LogP contribution >= 0.6 is 0 Å². The van der Waals surface area contributed by atoms with E-state index in [-0.39, 0.29) is 12.2 Å². The number of hydrogen-bond acceptors (Lipinski definition) is 3. The van der Waals surface area contributed by atoms with E-state index in [0.717, 1.165) is 30.1 Å². The Labute approximate surface area is 195 Å². The minimum atomic E-state index is -0.568. The maximum absolute atomic E-state index is 11.7. The highest BCUT2D eigenvalue weighted by molar-refractivity contribution is 5.89. The van der Waals surface area contributed by atoms with Gasteiger partial charge in [0.2, 0.25) is 0 Å². The van der Waals surface area contributed by atoms with Crippen LogP contribution in [0.1, 0.15) is 96.0 Å². The summed E-state index contributed by atoms with van der Waals surface area (Å²) >= 11 is 0. The Bertz CT molecular complexity index is 692. The molecule has 32 heavy (non-hydrogen) atoms. The lowest BCUT2D eigenvalue weighted by Gasteiger charge is -2.38. The van der Waals surface area contributed by atoms with Crippen LogP contribution in [0.25, 0.3) is 0 Å². The molecule has 3 nitrogen and oxygen atoms in total. The molecule has 2 aliphatic rings. The van der Waals surface area contributed by atoms with Crippen molar-refractivity contribution in [1.29, 1.82) is 0 Å². The lowest BCUT2D eigenvalue weighted by Crippen LogP contribution is -2.26. The van der Waals surface area contributed by atoms with Crippen molar-refractivity contribution >= 4 is 5.97 Å². The van der Waals surface area contributed by atoms with Gasteiger partial charge in [0.25, 0.3) is 0 Å². The quantitative estimate of drug-likeness (QED) is 0.170. The number of unbranched alkanes of at least 4 members (excludes halogenated alkanes) is 2. The highest BCUT2D eigenvalue weighted by Gasteiger charge is 2.30. The van der Waals surface area contributed by atoms with Gasteiger partial charge in [-0.2, -0.15) is 0 Å². The third-order valence-electron chi connectivity index (χ3n) is 8.12. The van der Waals surface area contributed by atoms with Crippen LogP contribution < -0.4 is 4.74 Å². The predicted molar refractivity (Wildman–Crippen MR) is 132 cm³/mol. The van der Waals surface area contributed by atoms with E-state index < -0.39 is 5.97 Å². The average Bonchev–Trinajstić information content (AvgIpc) is 2.84. The number of rotatable bonds is 11. The molecule has 0 spiro atoms. The van der Waals surface area contributed by atoms with E-state index in [1.807, 2.05) is 12.1 Å². The van der Waals surface area contributed by atoms with Gasteiger partial charge in [0, 0.05) is 0 Å². The van der Waals surface area contributed by atoms with E-state index in [4.69, 9.17) is 9.84 Å². The zero-order valence-corrected chi connectivity index (χ0v) is 20.2. The van der Waals surface area contributed by atoms with Gasteiger partial charge in [-0.3, -0.25) is 0 Å². The largest absolute Gasteiger partial charge is 0.423 e. The molecular formula is C29H44O3. The highest BCUT2D eigenvalue weighted by Crippen LogP contribution is 2.43. The van der Waals surface area contributed by atoms with E-state index in [0.29, 0.717) is 5.75 Å². The second kappa shape index (κ2) is 13.2.